The van der Waals surface area contributed by atoms with Gasteiger partial charge < -0.3 is 20.3 Å². The van der Waals surface area contributed by atoms with Crippen molar-refractivity contribution in [3.8, 4) is 0 Å². The molecule has 1 aliphatic heterocycles. The first-order valence-corrected chi connectivity index (χ1v) is 6.42. The number of rotatable bonds is 3. The molecule has 1 amide bonds. The van der Waals surface area contributed by atoms with Gasteiger partial charge in [-0.1, -0.05) is 0 Å². The first kappa shape index (κ1) is 13.7. The van der Waals surface area contributed by atoms with Crippen LogP contribution in [0.15, 0.2) is 18.2 Å². The molecule has 0 aromatic heterocycles. The molecule has 0 bridgehead atoms. The van der Waals surface area contributed by atoms with Crippen LogP contribution < -0.4 is 10.6 Å². The van der Waals surface area contributed by atoms with Crippen LogP contribution in [-0.2, 0) is 4.74 Å². The van der Waals surface area contributed by atoms with E-state index in [0.29, 0.717) is 23.9 Å². The summed E-state index contributed by atoms with van der Waals surface area (Å²) in [5, 5.41) is 0. The van der Waals surface area contributed by atoms with Crippen molar-refractivity contribution in [3.05, 3.63) is 23.8 Å². The van der Waals surface area contributed by atoms with Crippen molar-refractivity contribution >= 4 is 17.3 Å². The minimum atomic E-state index is -0.0132. The standard InChI is InChI=1S/C14H21N3O2/c1-16(2)14(18)12-5-4-10(15)8-13(12)17(3)11-6-7-19-9-11/h4-5,8,11H,6-7,9,15H2,1-3H3. The lowest BCUT2D eigenvalue weighted by Gasteiger charge is -2.28. The monoisotopic (exact) mass is 263 g/mol. The van der Waals surface area contributed by atoms with Gasteiger partial charge in [0.15, 0.2) is 0 Å². The van der Waals surface area contributed by atoms with E-state index in [1.54, 1.807) is 31.1 Å². The Morgan fingerprint density at radius 3 is 2.68 bits per heavy atom. The molecule has 2 N–H and O–H groups in total. The number of nitrogen functional groups attached to an aromatic ring is 1. The van der Waals surface area contributed by atoms with Gasteiger partial charge in [-0.3, -0.25) is 4.79 Å². The van der Waals surface area contributed by atoms with Gasteiger partial charge in [-0.25, -0.2) is 0 Å². The molecule has 0 aliphatic carbocycles. The Hall–Kier alpha value is -1.75. The Morgan fingerprint density at radius 2 is 2.11 bits per heavy atom. The Balaban J connectivity index is 2.36. The maximum absolute atomic E-state index is 12.2. The van der Waals surface area contributed by atoms with Gasteiger partial charge in [0.05, 0.1) is 23.9 Å². The average molecular weight is 263 g/mol. The van der Waals surface area contributed by atoms with Crippen LogP contribution in [0, 0.1) is 0 Å². The molecule has 5 nitrogen and oxygen atoms in total. The van der Waals surface area contributed by atoms with Crippen molar-refractivity contribution in [1.82, 2.24) is 4.90 Å². The number of benzene rings is 1. The van der Waals surface area contributed by atoms with E-state index >= 15 is 0 Å². The minimum absolute atomic E-state index is 0.0132. The summed E-state index contributed by atoms with van der Waals surface area (Å²) < 4.78 is 5.41. The molecule has 19 heavy (non-hydrogen) atoms. The predicted molar refractivity (Wildman–Crippen MR) is 76.5 cm³/mol. The summed E-state index contributed by atoms with van der Waals surface area (Å²) in [6.07, 6.45) is 0.973. The van der Waals surface area contributed by atoms with Gasteiger partial charge in [-0.2, -0.15) is 0 Å². The van der Waals surface area contributed by atoms with Crippen molar-refractivity contribution in [2.45, 2.75) is 12.5 Å². The zero-order valence-corrected chi connectivity index (χ0v) is 11.7. The Kier molecular flexibility index (Phi) is 3.95. The zero-order valence-electron chi connectivity index (χ0n) is 11.7. The maximum Gasteiger partial charge on any atom is 0.255 e. The molecule has 1 atom stereocenters. The van der Waals surface area contributed by atoms with Gasteiger partial charge in [-0.15, -0.1) is 0 Å². The van der Waals surface area contributed by atoms with E-state index in [2.05, 4.69) is 4.90 Å². The van der Waals surface area contributed by atoms with E-state index in [-0.39, 0.29) is 5.91 Å². The topological polar surface area (TPSA) is 58.8 Å². The summed E-state index contributed by atoms with van der Waals surface area (Å²) in [6, 6.07) is 5.71. The number of carbonyl (C=O) groups is 1. The summed E-state index contributed by atoms with van der Waals surface area (Å²) in [5.74, 6) is -0.0132. The van der Waals surface area contributed by atoms with Crippen LogP contribution in [0.25, 0.3) is 0 Å². The van der Waals surface area contributed by atoms with Crippen LogP contribution in [0.2, 0.25) is 0 Å². The van der Waals surface area contributed by atoms with Crippen LogP contribution >= 0.6 is 0 Å². The van der Waals surface area contributed by atoms with Gasteiger partial charge in [0.1, 0.15) is 0 Å². The van der Waals surface area contributed by atoms with Gasteiger partial charge in [0.25, 0.3) is 5.91 Å². The molecule has 1 aromatic rings. The third-order valence-electron chi connectivity index (χ3n) is 3.49. The Bertz CT molecular complexity index is 468. The molecule has 1 unspecified atom stereocenters. The van der Waals surface area contributed by atoms with Crippen LogP contribution in [0.4, 0.5) is 11.4 Å². The van der Waals surface area contributed by atoms with Crippen LogP contribution in [0.1, 0.15) is 16.8 Å². The number of anilines is 2. The molecule has 0 spiro atoms. The molecule has 1 aliphatic rings. The summed E-state index contributed by atoms with van der Waals surface area (Å²) in [7, 11) is 5.49. The second-order valence-corrected chi connectivity index (χ2v) is 5.10. The van der Waals surface area contributed by atoms with E-state index in [4.69, 9.17) is 10.5 Å². The molecule has 1 saturated heterocycles. The quantitative estimate of drug-likeness (QED) is 0.832. The molecule has 1 aromatic carbocycles. The number of ether oxygens (including phenoxy) is 1. The summed E-state index contributed by atoms with van der Waals surface area (Å²) in [6.45, 7) is 1.47. The number of hydrogen-bond acceptors (Lipinski definition) is 4. The minimum Gasteiger partial charge on any atom is -0.399 e. The molecule has 1 heterocycles. The molecule has 0 saturated carbocycles. The number of nitrogens with two attached hydrogens (primary N) is 1. The lowest BCUT2D eigenvalue weighted by molar-refractivity contribution is 0.0828. The third-order valence-corrected chi connectivity index (χ3v) is 3.49. The number of nitrogens with zero attached hydrogens (tertiary/aromatic N) is 2. The van der Waals surface area contributed by atoms with E-state index in [0.717, 1.165) is 18.7 Å². The van der Waals surface area contributed by atoms with Crippen molar-refractivity contribution in [1.29, 1.82) is 0 Å². The highest BCUT2D eigenvalue weighted by Gasteiger charge is 2.24. The Morgan fingerprint density at radius 1 is 1.37 bits per heavy atom. The second kappa shape index (κ2) is 5.48. The normalized spacial score (nSPS) is 18.4. The fraction of sp³-hybridized carbons (Fsp3) is 0.500. The van der Waals surface area contributed by atoms with Crippen LogP contribution in [-0.4, -0.2) is 51.2 Å². The van der Waals surface area contributed by atoms with Gasteiger partial charge >= 0.3 is 0 Å². The van der Waals surface area contributed by atoms with Crippen molar-refractivity contribution < 1.29 is 9.53 Å². The fourth-order valence-corrected chi connectivity index (χ4v) is 2.29. The summed E-state index contributed by atoms with van der Waals surface area (Å²) in [5.41, 5.74) is 8.06. The van der Waals surface area contributed by atoms with Crippen molar-refractivity contribution in [2.75, 3.05) is 45.0 Å². The van der Waals surface area contributed by atoms with Crippen molar-refractivity contribution in [2.24, 2.45) is 0 Å². The zero-order chi connectivity index (χ0) is 14.0. The van der Waals surface area contributed by atoms with E-state index in [9.17, 15) is 4.79 Å². The molecular formula is C14H21N3O2. The smallest absolute Gasteiger partial charge is 0.255 e. The number of carbonyl (C=O) groups excluding carboxylic acids is 1. The molecule has 1 fully saturated rings. The predicted octanol–water partition coefficient (Wildman–Crippen LogP) is 1.20. The van der Waals surface area contributed by atoms with Gasteiger partial charge in [0, 0.05) is 33.4 Å². The Labute approximate surface area is 113 Å². The number of hydrogen-bond donors (Lipinski definition) is 1. The van der Waals surface area contributed by atoms with Crippen LogP contribution in [0.5, 0.6) is 0 Å². The SMILES string of the molecule is CN(C)C(=O)c1ccc(N)cc1N(C)C1CCOC1. The molecule has 5 heteroatoms. The van der Waals surface area contributed by atoms with E-state index in [1.807, 2.05) is 13.1 Å². The first-order valence-electron chi connectivity index (χ1n) is 6.42. The largest absolute Gasteiger partial charge is 0.399 e. The summed E-state index contributed by atoms with van der Waals surface area (Å²) in [4.78, 5) is 15.9. The lowest BCUT2D eigenvalue weighted by atomic mass is 10.1. The second-order valence-electron chi connectivity index (χ2n) is 5.10. The first-order chi connectivity index (χ1) is 9.00. The number of amides is 1. The van der Waals surface area contributed by atoms with Gasteiger partial charge in [0.2, 0.25) is 0 Å². The molecule has 104 valence electrons. The average Bonchev–Trinajstić information content (AvgIpc) is 2.90. The van der Waals surface area contributed by atoms with E-state index in [1.165, 1.54) is 0 Å². The molecule has 2 rings (SSSR count). The van der Waals surface area contributed by atoms with E-state index < -0.39 is 0 Å². The lowest BCUT2D eigenvalue weighted by Crippen LogP contribution is -2.34. The highest BCUT2D eigenvalue weighted by molar-refractivity contribution is 6.00. The number of likely N-dealkylation sites (N-methyl/N-ethyl adjacent to an activating group) is 1. The highest BCUT2D eigenvalue weighted by Crippen LogP contribution is 2.27. The molecule has 0 radical (unpaired) electrons. The maximum atomic E-state index is 12.2. The fourth-order valence-electron chi connectivity index (χ4n) is 2.29. The molecular weight excluding hydrogens is 242 g/mol. The van der Waals surface area contributed by atoms with Crippen LogP contribution in [0.3, 0.4) is 0 Å². The summed E-state index contributed by atoms with van der Waals surface area (Å²) >= 11 is 0. The third kappa shape index (κ3) is 2.81. The van der Waals surface area contributed by atoms with Crippen molar-refractivity contribution in [3.63, 3.8) is 0 Å². The highest BCUT2D eigenvalue weighted by atomic mass is 16.5. The van der Waals surface area contributed by atoms with Gasteiger partial charge in [-0.05, 0) is 24.6 Å².